The summed E-state index contributed by atoms with van der Waals surface area (Å²) in [6.45, 7) is 0. The fourth-order valence-corrected chi connectivity index (χ4v) is 5.16. The number of hydrogen-bond acceptors (Lipinski definition) is 7. The molecule has 0 radical (unpaired) electrons. The number of rotatable bonds is 5. The number of nitrogens with one attached hydrogen (secondary N) is 2. The maximum Gasteiger partial charge on any atom is 0.290 e. The van der Waals surface area contributed by atoms with E-state index in [1.54, 1.807) is 37.6 Å². The van der Waals surface area contributed by atoms with Gasteiger partial charge in [-0.15, -0.1) is 11.3 Å². The molecule has 0 unspecified atom stereocenters. The van der Waals surface area contributed by atoms with Crippen molar-refractivity contribution in [3.05, 3.63) is 82.2 Å². The minimum absolute atomic E-state index is 0.206. The Morgan fingerprint density at radius 1 is 1.09 bits per heavy atom. The Kier molecular flexibility index (Phi) is 5.87. The van der Waals surface area contributed by atoms with E-state index in [0.717, 1.165) is 38.7 Å². The zero-order chi connectivity index (χ0) is 23.7. The Balaban J connectivity index is 1.45. The molecule has 2 aromatic carbocycles. The van der Waals surface area contributed by atoms with Crippen molar-refractivity contribution in [1.82, 2.24) is 10.3 Å². The Labute approximate surface area is 202 Å². The van der Waals surface area contributed by atoms with Gasteiger partial charge in [0.2, 0.25) is 0 Å². The summed E-state index contributed by atoms with van der Waals surface area (Å²) in [6.07, 6.45) is 3.41. The predicted molar refractivity (Wildman–Crippen MR) is 135 cm³/mol. The summed E-state index contributed by atoms with van der Waals surface area (Å²) in [4.78, 5) is 42.4. The third kappa shape index (κ3) is 4.43. The van der Waals surface area contributed by atoms with Crippen molar-refractivity contribution in [1.29, 1.82) is 0 Å². The second-order valence-corrected chi connectivity index (χ2v) is 9.44. The van der Waals surface area contributed by atoms with Gasteiger partial charge in [0.05, 0.1) is 22.4 Å². The maximum atomic E-state index is 12.8. The summed E-state index contributed by atoms with van der Waals surface area (Å²) in [5.74, 6) is 0.0604. The molecule has 3 amide bonds. The van der Waals surface area contributed by atoms with E-state index in [1.807, 2.05) is 42.5 Å². The molecule has 0 bridgehead atoms. The van der Waals surface area contributed by atoms with Gasteiger partial charge < -0.3 is 10.1 Å². The van der Waals surface area contributed by atoms with Gasteiger partial charge in [0.25, 0.3) is 17.1 Å². The van der Waals surface area contributed by atoms with Crippen LogP contribution in [0.2, 0.25) is 0 Å². The Morgan fingerprint density at radius 2 is 1.97 bits per heavy atom. The normalized spacial score (nSPS) is 14.4. The van der Waals surface area contributed by atoms with Gasteiger partial charge in [0.15, 0.2) is 0 Å². The summed E-state index contributed by atoms with van der Waals surface area (Å²) in [6, 6.07) is 18.4. The molecule has 0 aliphatic carbocycles. The summed E-state index contributed by atoms with van der Waals surface area (Å²) >= 11 is 2.26. The van der Waals surface area contributed by atoms with Crippen LogP contribution in [-0.2, 0) is 4.79 Å². The second-order valence-electron chi connectivity index (χ2n) is 7.34. The van der Waals surface area contributed by atoms with Crippen LogP contribution in [0.5, 0.6) is 5.75 Å². The van der Waals surface area contributed by atoms with Crippen molar-refractivity contribution < 1.29 is 19.1 Å². The zero-order valence-corrected chi connectivity index (χ0v) is 19.5. The van der Waals surface area contributed by atoms with E-state index in [4.69, 9.17) is 4.74 Å². The minimum Gasteiger partial charge on any atom is -0.497 e. The van der Waals surface area contributed by atoms with Gasteiger partial charge in [-0.2, -0.15) is 0 Å². The molecule has 168 valence electrons. The van der Waals surface area contributed by atoms with Gasteiger partial charge in [0, 0.05) is 33.8 Å². The molecule has 1 saturated heterocycles. The molecule has 7 nitrogen and oxygen atoms in total. The van der Waals surface area contributed by atoms with Crippen LogP contribution in [0.15, 0.2) is 71.8 Å². The number of hydrogen-bond donors (Lipinski definition) is 2. The van der Waals surface area contributed by atoms with Crippen LogP contribution in [0.25, 0.3) is 27.4 Å². The number of benzene rings is 2. The van der Waals surface area contributed by atoms with E-state index in [0.29, 0.717) is 21.2 Å². The number of carbonyl (C=O) groups excluding carboxylic acids is 3. The molecule has 2 aromatic heterocycles. The van der Waals surface area contributed by atoms with E-state index in [2.05, 4.69) is 15.6 Å². The number of amides is 3. The lowest BCUT2D eigenvalue weighted by Crippen LogP contribution is -2.17. The average Bonchev–Trinajstić information content (AvgIpc) is 3.45. The number of pyridine rings is 1. The maximum absolute atomic E-state index is 12.8. The molecule has 34 heavy (non-hydrogen) atoms. The summed E-state index contributed by atoms with van der Waals surface area (Å²) in [5.41, 5.74) is 3.14. The van der Waals surface area contributed by atoms with Crippen molar-refractivity contribution >= 4 is 62.8 Å². The number of carbonyl (C=O) groups is 3. The largest absolute Gasteiger partial charge is 0.497 e. The third-order valence-electron chi connectivity index (χ3n) is 5.13. The van der Waals surface area contributed by atoms with Gasteiger partial charge >= 0.3 is 0 Å². The van der Waals surface area contributed by atoms with Gasteiger partial charge in [-0.1, -0.05) is 12.1 Å². The number of thioether (sulfide) groups is 1. The lowest BCUT2D eigenvalue weighted by atomic mass is 10.0. The first-order valence-electron chi connectivity index (χ1n) is 10.2. The summed E-state index contributed by atoms with van der Waals surface area (Å²) in [7, 11) is 1.58. The lowest BCUT2D eigenvalue weighted by Gasteiger charge is -2.06. The number of anilines is 1. The monoisotopic (exact) mass is 487 g/mol. The zero-order valence-electron chi connectivity index (χ0n) is 17.8. The van der Waals surface area contributed by atoms with Crippen LogP contribution in [0.1, 0.15) is 15.2 Å². The smallest absolute Gasteiger partial charge is 0.290 e. The van der Waals surface area contributed by atoms with E-state index < -0.39 is 5.91 Å². The number of aromatic nitrogens is 1. The number of fused-ring (bicyclic) bond motifs is 1. The van der Waals surface area contributed by atoms with Crippen LogP contribution < -0.4 is 15.4 Å². The average molecular weight is 488 g/mol. The summed E-state index contributed by atoms with van der Waals surface area (Å²) < 4.78 is 5.21. The Hall–Kier alpha value is -3.95. The molecule has 2 N–H and O–H groups in total. The highest BCUT2D eigenvalue weighted by Crippen LogP contribution is 2.35. The number of thiophene rings is 1. The first-order chi connectivity index (χ1) is 16.5. The van der Waals surface area contributed by atoms with Crippen molar-refractivity contribution in [2.75, 3.05) is 12.4 Å². The van der Waals surface area contributed by atoms with Crippen LogP contribution in [0.4, 0.5) is 10.5 Å². The minimum atomic E-state index is -0.397. The number of methoxy groups -OCH3 is 1. The summed E-state index contributed by atoms with van der Waals surface area (Å²) in [5, 5.41) is 5.66. The Bertz CT molecular complexity index is 1490. The first kappa shape index (κ1) is 21.9. The quantitative estimate of drug-likeness (QED) is 0.358. The molecular formula is C25H17N3O4S2. The molecule has 0 saturated carbocycles. The van der Waals surface area contributed by atoms with Crippen LogP contribution in [0.3, 0.4) is 0 Å². The molecule has 1 fully saturated rings. The van der Waals surface area contributed by atoms with Crippen molar-refractivity contribution in [3.63, 3.8) is 0 Å². The van der Waals surface area contributed by atoms with Crippen molar-refractivity contribution in [2.24, 2.45) is 0 Å². The third-order valence-corrected chi connectivity index (χ3v) is 7.06. The second kappa shape index (κ2) is 9.12. The van der Waals surface area contributed by atoms with Gasteiger partial charge in [-0.25, -0.2) is 0 Å². The van der Waals surface area contributed by atoms with Gasteiger partial charge in [-0.3, -0.25) is 24.7 Å². The van der Waals surface area contributed by atoms with Crippen molar-refractivity contribution in [2.45, 2.75) is 0 Å². The lowest BCUT2D eigenvalue weighted by molar-refractivity contribution is -0.115. The van der Waals surface area contributed by atoms with Crippen LogP contribution >= 0.6 is 23.1 Å². The molecule has 1 aliphatic heterocycles. The SMILES string of the molecule is COc1cccc(NC(=O)c2ccc(-c3ccnc4ccc(/C=C5\SC(=O)NC5=O)cc34)s2)c1. The van der Waals surface area contributed by atoms with E-state index in [1.165, 1.54) is 11.3 Å². The first-order valence-corrected chi connectivity index (χ1v) is 11.8. The highest BCUT2D eigenvalue weighted by Gasteiger charge is 2.25. The van der Waals surface area contributed by atoms with Gasteiger partial charge in [0.1, 0.15) is 5.75 Å². The van der Waals surface area contributed by atoms with E-state index in [-0.39, 0.29) is 11.1 Å². The predicted octanol–water partition coefficient (Wildman–Crippen LogP) is 5.55. The number of ether oxygens (including phenoxy) is 1. The molecule has 5 rings (SSSR count). The molecular weight excluding hydrogens is 470 g/mol. The van der Waals surface area contributed by atoms with E-state index in [9.17, 15) is 14.4 Å². The fourth-order valence-electron chi connectivity index (χ4n) is 3.54. The fraction of sp³-hybridized carbons (Fsp3) is 0.0400. The molecule has 3 heterocycles. The molecule has 1 aliphatic rings. The van der Waals surface area contributed by atoms with E-state index >= 15 is 0 Å². The highest BCUT2D eigenvalue weighted by molar-refractivity contribution is 8.18. The molecule has 0 atom stereocenters. The van der Waals surface area contributed by atoms with Crippen LogP contribution in [0, 0.1) is 0 Å². The molecule has 9 heteroatoms. The highest BCUT2D eigenvalue weighted by atomic mass is 32.2. The van der Waals surface area contributed by atoms with Gasteiger partial charge in [-0.05, 0) is 65.9 Å². The number of nitrogens with zero attached hydrogens (tertiary/aromatic N) is 1. The topological polar surface area (TPSA) is 97.4 Å². The standard InChI is InChI=1S/C25H17N3O4S2/c1-32-16-4-2-3-15(13-16)27-23(29)21-8-7-20(33-21)17-9-10-26-19-6-5-14(11-18(17)19)12-22-24(30)28-25(31)34-22/h2-13H,1H3,(H,27,29)(H,28,30,31)/b22-12-. The Morgan fingerprint density at radius 3 is 2.76 bits per heavy atom. The van der Waals surface area contributed by atoms with Crippen LogP contribution in [-0.4, -0.2) is 29.1 Å². The molecule has 0 spiro atoms. The molecule has 4 aromatic rings. The van der Waals surface area contributed by atoms with Crippen molar-refractivity contribution in [3.8, 4) is 16.2 Å². The number of imide groups is 1.